The summed E-state index contributed by atoms with van der Waals surface area (Å²) in [6.07, 6.45) is 0. The van der Waals surface area contributed by atoms with Crippen LogP contribution in [0, 0.1) is 5.41 Å². The van der Waals surface area contributed by atoms with Crippen LogP contribution in [0.5, 0.6) is 5.75 Å². The van der Waals surface area contributed by atoms with Crippen molar-refractivity contribution in [2.24, 2.45) is 5.73 Å². The summed E-state index contributed by atoms with van der Waals surface area (Å²) in [6.45, 7) is 3.62. The summed E-state index contributed by atoms with van der Waals surface area (Å²) in [5, 5.41) is 16.1. The molecule has 0 fully saturated rings. The van der Waals surface area contributed by atoms with E-state index in [9.17, 15) is 0 Å². The van der Waals surface area contributed by atoms with Crippen molar-refractivity contribution in [2.45, 2.75) is 0 Å². The Morgan fingerprint density at radius 2 is 1.83 bits per heavy atom. The van der Waals surface area contributed by atoms with Crippen molar-refractivity contribution in [2.75, 3.05) is 0 Å². The van der Waals surface area contributed by atoms with E-state index in [0.29, 0.717) is 5.57 Å². The molecule has 0 aliphatic rings. The fourth-order valence-electron chi connectivity index (χ4n) is 0.818. The van der Waals surface area contributed by atoms with Gasteiger partial charge in [-0.05, 0) is 17.7 Å². The topological polar surface area (TPSA) is 70.1 Å². The molecule has 0 radical (unpaired) electrons. The zero-order chi connectivity index (χ0) is 9.14. The molecule has 0 spiro atoms. The highest BCUT2D eigenvalue weighted by Gasteiger charge is 2.00. The number of amidine groups is 1. The average Bonchev–Trinajstić information content (AvgIpc) is 2.04. The minimum Gasteiger partial charge on any atom is -0.508 e. The molecule has 3 nitrogen and oxygen atoms in total. The van der Waals surface area contributed by atoms with Crippen molar-refractivity contribution in [3.63, 3.8) is 0 Å². The summed E-state index contributed by atoms with van der Waals surface area (Å²) in [5.41, 5.74) is 6.45. The van der Waals surface area contributed by atoms with E-state index in [-0.39, 0.29) is 11.6 Å². The molecule has 0 aliphatic carbocycles. The van der Waals surface area contributed by atoms with Crippen LogP contribution in [0.25, 0.3) is 5.57 Å². The smallest absolute Gasteiger partial charge is 0.122 e. The molecular formula is C9H10N2O. The predicted molar refractivity (Wildman–Crippen MR) is 49.1 cm³/mol. The van der Waals surface area contributed by atoms with Gasteiger partial charge in [0.25, 0.3) is 0 Å². The van der Waals surface area contributed by atoms with Gasteiger partial charge in [-0.3, -0.25) is 5.41 Å². The second-order valence-electron chi connectivity index (χ2n) is 2.44. The highest BCUT2D eigenvalue weighted by Crippen LogP contribution is 2.15. The molecule has 0 amide bonds. The molecule has 0 aliphatic heterocycles. The predicted octanol–water partition coefficient (Wildman–Crippen LogP) is 1.34. The number of hydrogen-bond acceptors (Lipinski definition) is 2. The van der Waals surface area contributed by atoms with Crippen LogP contribution in [0.15, 0.2) is 30.8 Å². The van der Waals surface area contributed by atoms with E-state index in [1.807, 2.05) is 0 Å². The average molecular weight is 162 g/mol. The third-order valence-electron chi connectivity index (χ3n) is 1.54. The summed E-state index contributed by atoms with van der Waals surface area (Å²) in [6, 6.07) is 6.39. The number of benzene rings is 1. The molecule has 0 atom stereocenters. The van der Waals surface area contributed by atoms with Gasteiger partial charge >= 0.3 is 0 Å². The lowest BCUT2D eigenvalue weighted by molar-refractivity contribution is 0.475. The Bertz CT molecular complexity index is 314. The Kier molecular flexibility index (Phi) is 2.14. The van der Waals surface area contributed by atoms with Gasteiger partial charge in [0.1, 0.15) is 11.6 Å². The van der Waals surface area contributed by atoms with Crippen LogP contribution in [0.4, 0.5) is 0 Å². The first-order valence-corrected chi connectivity index (χ1v) is 3.44. The molecule has 0 saturated carbocycles. The van der Waals surface area contributed by atoms with Gasteiger partial charge in [-0.25, -0.2) is 0 Å². The lowest BCUT2D eigenvalue weighted by atomic mass is 10.1. The maximum absolute atomic E-state index is 8.96. The van der Waals surface area contributed by atoms with Gasteiger partial charge in [-0.2, -0.15) is 0 Å². The van der Waals surface area contributed by atoms with E-state index >= 15 is 0 Å². The molecule has 1 aromatic rings. The Morgan fingerprint density at radius 1 is 1.33 bits per heavy atom. The Balaban J connectivity index is 2.98. The van der Waals surface area contributed by atoms with Crippen molar-refractivity contribution < 1.29 is 5.11 Å². The number of aromatic hydroxyl groups is 1. The third kappa shape index (κ3) is 1.63. The summed E-state index contributed by atoms with van der Waals surface area (Å²) in [7, 11) is 0. The first-order valence-electron chi connectivity index (χ1n) is 3.44. The molecule has 0 aromatic heterocycles. The van der Waals surface area contributed by atoms with Gasteiger partial charge in [0.05, 0.1) is 0 Å². The van der Waals surface area contributed by atoms with E-state index in [4.69, 9.17) is 16.2 Å². The zero-order valence-corrected chi connectivity index (χ0v) is 6.54. The standard InChI is InChI=1S/C9H10N2O/c1-6(9(10)11)7-2-4-8(12)5-3-7/h2-5,12H,1H2,(H3,10,11). The van der Waals surface area contributed by atoms with E-state index in [1.165, 1.54) is 12.1 Å². The molecule has 1 aromatic carbocycles. The van der Waals surface area contributed by atoms with Gasteiger partial charge in [0.15, 0.2) is 0 Å². The molecule has 0 saturated heterocycles. The fourth-order valence-corrected chi connectivity index (χ4v) is 0.818. The second-order valence-corrected chi connectivity index (χ2v) is 2.44. The van der Waals surface area contributed by atoms with Crippen LogP contribution < -0.4 is 5.73 Å². The third-order valence-corrected chi connectivity index (χ3v) is 1.54. The second kappa shape index (κ2) is 3.09. The van der Waals surface area contributed by atoms with Gasteiger partial charge in [0.2, 0.25) is 0 Å². The van der Waals surface area contributed by atoms with Crippen LogP contribution in [-0.4, -0.2) is 10.9 Å². The minimum absolute atomic E-state index is 0.0549. The van der Waals surface area contributed by atoms with Crippen LogP contribution in [-0.2, 0) is 0 Å². The maximum Gasteiger partial charge on any atom is 0.122 e. The molecule has 4 N–H and O–H groups in total. The lowest BCUT2D eigenvalue weighted by Crippen LogP contribution is -2.10. The lowest BCUT2D eigenvalue weighted by Gasteiger charge is -2.02. The van der Waals surface area contributed by atoms with Crippen LogP contribution in [0.3, 0.4) is 0 Å². The molecule has 3 heteroatoms. The number of phenols is 1. The molecule has 1 rings (SSSR count). The zero-order valence-electron chi connectivity index (χ0n) is 6.54. The van der Waals surface area contributed by atoms with E-state index < -0.39 is 0 Å². The molecule has 12 heavy (non-hydrogen) atoms. The molecule has 0 bridgehead atoms. The number of hydrogen-bond donors (Lipinski definition) is 3. The van der Waals surface area contributed by atoms with E-state index in [1.54, 1.807) is 12.1 Å². The van der Waals surface area contributed by atoms with Gasteiger partial charge in [-0.15, -0.1) is 0 Å². The van der Waals surface area contributed by atoms with Crippen LogP contribution in [0.2, 0.25) is 0 Å². The largest absolute Gasteiger partial charge is 0.508 e. The summed E-state index contributed by atoms with van der Waals surface area (Å²) in [4.78, 5) is 0. The van der Waals surface area contributed by atoms with Crippen molar-refractivity contribution in [3.8, 4) is 5.75 Å². The summed E-state index contributed by atoms with van der Waals surface area (Å²) in [5.74, 6) is 0.135. The quantitative estimate of drug-likeness (QED) is 0.453. The molecule has 0 heterocycles. The maximum atomic E-state index is 8.96. The summed E-state index contributed by atoms with van der Waals surface area (Å²) < 4.78 is 0. The monoisotopic (exact) mass is 162 g/mol. The van der Waals surface area contributed by atoms with Crippen molar-refractivity contribution in [1.82, 2.24) is 0 Å². The van der Waals surface area contributed by atoms with Crippen molar-refractivity contribution in [1.29, 1.82) is 5.41 Å². The SMILES string of the molecule is C=C(C(=N)N)c1ccc(O)cc1. The highest BCUT2D eigenvalue weighted by molar-refractivity contribution is 6.19. The normalized spacial score (nSPS) is 9.33. The Hall–Kier alpha value is -1.77. The summed E-state index contributed by atoms with van der Waals surface area (Å²) >= 11 is 0. The molecular weight excluding hydrogens is 152 g/mol. The van der Waals surface area contributed by atoms with Crippen molar-refractivity contribution >= 4 is 11.4 Å². The van der Waals surface area contributed by atoms with Crippen molar-refractivity contribution in [3.05, 3.63) is 36.4 Å². The van der Waals surface area contributed by atoms with Gasteiger partial charge in [0, 0.05) is 5.57 Å². The fraction of sp³-hybridized carbons (Fsp3) is 0. The minimum atomic E-state index is -0.0549. The van der Waals surface area contributed by atoms with Crippen LogP contribution >= 0.6 is 0 Å². The number of nitrogens with one attached hydrogen (secondary N) is 1. The van der Waals surface area contributed by atoms with Gasteiger partial charge < -0.3 is 10.8 Å². The number of phenolic OH excluding ortho intramolecular Hbond substituents is 1. The molecule has 62 valence electrons. The number of nitrogens with two attached hydrogens (primary N) is 1. The Labute approximate surface area is 70.7 Å². The highest BCUT2D eigenvalue weighted by atomic mass is 16.3. The first kappa shape index (κ1) is 8.33. The van der Waals surface area contributed by atoms with Crippen LogP contribution in [0.1, 0.15) is 5.56 Å². The molecule has 0 unspecified atom stereocenters. The van der Waals surface area contributed by atoms with E-state index in [2.05, 4.69) is 6.58 Å². The van der Waals surface area contributed by atoms with Gasteiger partial charge in [-0.1, -0.05) is 18.7 Å². The number of rotatable bonds is 2. The van der Waals surface area contributed by atoms with E-state index in [0.717, 1.165) is 5.56 Å². The first-order chi connectivity index (χ1) is 5.61. The Morgan fingerprint density at radius 3 is 2.25 bits per heavy atom.